The van der Waals surface area contributed by atoms with E-state index in [0.717, 1.165) is 26.0 Å². The van der Waals surface area contributed by atoms with Crippen molar-refractivity contribution in [1.29, 1.82) is 0 Å². The van der Waals surface area contributed by atoms with E-state index in [1.54, 1.807) is 0 Å². The van der Waals surface area contributed by atoms with Crippen LogP contribution >= 0.6 is 0 Å². The first kappa shape index (κ1) is 17.2. The number of hydrogen-bond acceptors (Lipinski definition) is 2. The fourth-order valence-electron chi connectivity index (χ4n) is 2.78. The van der Waals surface area contributed by atoms with E-state index < -0.39 is 0 Å². The molecule has 0 spiro atoms. The Hall–Kier alpha value is -0.860. The first-order chi connectivity index (χ1) is 9.39. The van der Waals surface area contributed by atoms with Crippen molar-refractivity contribution in [2.45, 2.75) is 66.0 Å². The number of nitrogens with one attached hydrogen (secondary N) is 1. The van der Waals surface area contributed by atoms with Gasteiger partial charge >= 0.3 is 0 Å². The van der Waals surface area contributed by atoms with Gasteiger partial charge in [0.05, 0.1) is 5.60 Å². The minimum absolute atomic E-state index is 0.151. The molecule has 0 aliphatic carbocycles. The van der Waals surface area contributed by atoms with Crippen LogP contribution in [0.4, 0.5) is 0 Å². The smallest absolute Gasteiger partial charge is 0.0781 e. The van der Waals surface area contributed by atoms with Crippen LogP contribution in [-0.2, 0) is 11.2 Å². The highest BCUT2D eigenvalue weighted by atomic mass is 16.5. The Morgan fingerprint density at radius 3 is 2.20 bits per heavy atom. The van der Waals surface area contributed by atoms with Gasteiger partial charge in [-0.05, 0) is 59.6 Å². The molecule has 0 aliphatic rings. The summed E-state index contributed by atoms with van der Waals surface area (Å²) in [6, 6.07) is 7.14. The SMILES string of the molecule is CCCNC(Cc1cc(C)cc(C)c1)C(C)(C)OCC. The van der Waals surface area contributed by atoms with Gasteiger partial charge in [0.25, 0.3) is 0 Å². The van der Waals surface area contributed by atoms with E-state index in [-0.39, 0.29) is 5.60 Å². The second kappa shape index (κ2) is 7.80. The minimum atomic E-state index is -0.151. The molecule has 0 fully saturated rings. The van der Waals surface area contributed by atoms with Crippen molar-refractivity contribution < 1.29 is 4.74 Å². The molecule has 1 rings (SSSR count). The predicted molar refractivity (Wildman–Crippen MR) is 87.4 cm³/mol. The average Bonchev–Trinajstić information content (AvgIpc) is 2.33. The van der Waals surface area contributed by atoms with E-state index >= 15 is 0 Å². The van der Waals surface area contributed by atoms with Crippen molar-refractivity contribution in [2.24, 2.45) is 0 Å². The quantitative estimate of drug-likeness (QED) is 0.774. The molecule has 1 unspecified atom stereocenters. The second-order valence-electron chi connectivity index (χ2n) is 6.24. The first-order valence-electron chi connectivity index (χ1n) is 7.83. The zero-order valence-corrected chi connectivity index (χ0v) is 14.0. The van der Waals surface area contributed by atoms with E-state index in [2.05, 4.69) is 65.1 Å². The first-order valence-corrected chi connectivity index (χ1v) is 7.83. The van der Waals surface area contributed by atoms with Gasteiger partial charge in [0.15, 0.2) is 0 Å². The molecule has 1 atom stereocenters. The summed E-state index contributed by atoms with van der Waals surface area (Å²) in [7, 11) is 0. The molecule has 0 saturated heterocycles. The normalized spacial score (nSPS) is 13.5. The number of aryl methyl sites for hydroxylation is 2. The second-order valence-corrected chi connectivity index (χ2v) is 6.24. The van der Waals surface area contributed by atoms with Gasteiger partial charge in [0.2, 0.25) is 0 Å². The lowest BCUT2D eigenvalue weighted by atomic mass is 9.90. The van der Waals surface area contributed by atoms with Crippen molar-refractivity contribution >= 4 is 0 Å². The largest absolute Gasteiger partial charge is 0.374 e. The van der Waals surface area contributed by atoms with Gasteiger partial charge in [0.1, 0.15) is 0 Å². The summed E-state index contributed by atoms with van der Waals surface area (Å²) in [5.41, 5.74) is 3.91. The van der Waals surface area contributed by atoms with Gasteiger partial charge in [-0.2, -0.15) is 0 Å². The summed E-state index contributed by atoms with van der Waals surface area (Å²) >= 11 is 0. The lowest BCUT2D eigenvalue weighted by Crippen LogP contribution is -2.50. The maximum absolute atomic E-state index is 5.96. The van der Waals surface area contributed by atoms with Crippen LogP contribution in [-0.4, -0.2) is 24.8 Å². The molecule has 0 bridgehead atoms. The predicted octanol–water partition coefficient (Wildman–Crippen LogP) is 4.03. The molecule has 1 N–H and O–H groups in total. The summed E-state index contributed by atoms with van der Waals surface area (Å²) in [6.45, 7) is 14.8. The van der Waals surface area contributed by atoms with Gasteiger partial charge in [-0.25, -0.2) is 0 Å². The molecular weight excluding hydrogens is 246 g/mol. The van der Waals surface area contributed by atoms with Gasteiger partial charge in [-0.3, -0.25) is 0 Å². The number of ether oxygens (including phenoxy) is 1. The summed E-state index contributed by atoms with van der Waals surface area (Å²) < 4.78 is 5.96. The zero-order valence-electron chi connectivity index (χ0n) is 14.0. The zero-order chi connectivity index (χ0) is 15.2. The Bertz CT molecular complexity index is 392. The van der Waals surface area contributed by atoms with Crippen LogP contribution in [0.15, 0.2) is 18.2 Å². The Kier molecular flexibility index (Phi) is 6.70. The third kappa shape index (κ3) is 5.26. The van der Waals surface area contributed by atoms with Crippen molar-refractivity contribution in [1.82, 2.24) is 5.32 Å². The maximum Gasteiger partial charge on any atom is 0.0781 e. The van der Waals surface area contributed by atoms with Gasteiger partial charge in [-0.15, -0.1) is 0 Å². The molecular formula is C18H31NO. The summed E-state index contributed by atoms with van der Waals surface area (Å²) in [6.07, 6.45) is 2.15. The molecule has 1 aromatic rings. The Morgan fingerprint density at radius 1 is 1.10 bits per heavy atom. The van der Waals surface area contributed by atoms with Crippen LogP contribution < -0.4 is 5.32 Å². The standard InChI is InChI=1S/C18H31NO/c1-7-9-19-17(18(5,6)20-8-2)13-16-11-14(3)10-15(4)12-16/h10-12,17,19H,7-9,13H2,1-6H3. The van der Waals surface area contributed by atoms with E-state index in [9.17, 15) is 0 Å². The molecule has 2 heteroatoms. The van der Waals surface area contributed by atoms with E-state index in [1.807, 2.05) is 0 Å². The molecule has 0 heterocycles. The lowest BCUT2D eigenvalue weighted by molar-refractivity contribution is -0.0380. The lowest BCUT2D eigenvalue weighted by Gasteiger charge is -2.35. The molecule has 0 aliphatic heterocycles. The van der Waals surface area contributed by atoms with Crippen LogP contribution in [0.1, 0.15) is 50.8 Å². The fourth-order valence-corrected chi connectivity index (χ4v) is 2.78. The van der Waals surface area contributed by atoms with Gasteiger partial charge in [-0.1, -0.05) is 36.2 Å². The molecule has 0 amide bonds. The van der Waals surface area contributed by atoms with E-state index in [1.165, 1.54) is 16.7 Å². The monoisotopic (exact) mass is 277 g/mol. The number of rotatable bonds is 8. The summed E-state index contributed by atoms with van der Waals surface area (Å²) in [4.78, 5) is 0. The minimum Gasteiger partial charge on any atom is -0.374 e. The Labute approximate surface area is 124 Å². The van der Waals surface area contributed by atoms with Crippen molar-refractivity contribution in [2.75, 3.05) is 13.2 Å². The molecule has 0 radical (unpaired) electrons. The molecule has 1 aromatic carbocycles. The van der Waals surface area contributed by atoms with E-state index in [4.69, 9.17) is 4.74 Å². The van der Waals surface area contributed by atoms with Crippen LogP contribution in [0, 0.1) is 13.8 Å². The van der Waals surface area contributed by atoms with Crippen molar-refractivity contribution in [3.8, 4) is 0 Å². The third-order valence-electron chi connectivity index (χ3n) is 3.72. The topological polar surface area (TPSA) is 21.3 Å². The molecule has 114 valence electrons. The molecule has 0 aromatic heterocycles. The van der Waals surface area contributed by atoms with E-state index in [0.29, 0.717) is 6.04 Å². The highest BCUT2D eigenvalue weighted by Gasteiger charge is 2.29. The third-order valence-corrected chi connectivity index (χ3v) is 3.72. The highest BCUT2D eigenvalue weighted by molar-refractivity contribution is 5.29. The molecule has 2 nitrogen and oxygen atoms in total. The maximum atomic E-state index is 5.96. The average molecular weight is 277 g/mol. The van der Waals surface area contributed by atoms with Crippen LogP contribution in [0.2, 0.25) is 0 Å². The highest BCUT2D eigenvalue weighted by Crippen LogP contribution is 2.20. The molecule has 0 saturated carbocycles. The van der Waals surface area contributed by atoms with Crippen LogP contribution in [0.25, 0.3) is 0 Å². The molecule has 20 heavy (non-hydrogen) atoms. The van der Waals surface area contributed by atoms with Gasteiger partial charge < -0.3 is 10.1 Å². The Morgan fingerprint density at radius 2 is 1.70 bits per heavy atom. The fraction of sp³-hybridized carbons (Fsp3) is 0.667. The Balaban J connectivity index is 2.88. The summed E-state index contributed by atoms with van der Waals surface area (Å²) in [5.74, 6) is 0. The van der Waals surface area contributed by atoms with Crippen LogP contribution in [0.5, 0.6) is 0 Å². The van der Waals surface area contributed by atoms with Crippen molar-refractivity contribution in [3.05, 3.63) is 34.9 Å². The number of benzene rings is 1. The van der Waals surface area contributed by atoms with Crippen molar-refractivity contribution in [3.63, 3.8) is 0 Å². The van der Waals surface area contributed by atoms with Gasteiger partial charge in [0, 0.05) is 12.6 Å². The van der Waals surface area contributed by atoms with Crippen LogP contribution in [0.3, 0.4) is 0 Å². The summed E-state index contributed by atoms with van der Waals surface area (Å²) in [5, 5.41) is 3.66. The number of hydrogen-bond donors (Lipinski definition) is 1.